The van der Waals surface area contributed by atoms with E-state index in [1.165, 1.54) is 0 Å². The Morgan fingerprint density at radius 3 is 2.42 bits per heavy atom. The van der Waals surface area contributed by atoms with Crippen LogP contribution in [0.5, 0.6) is 0 Å². The van der Waals surface area contributed by atoms with Gasteiger partial charge in [-0.05, 0) is 19.3 Å². The number of thiocarbonyl (C=S) groups is 1. The molecule has 7 nitrogen and oxygen atoms in total. The normalized spacial score (nSPS) is 18.8. The number of primary sulfonamides is 1. The number of hydrogen-bond donors (Lipinski definition) is 3. The standard InChI is InChI=1S/C10H19N3O4S2/c11-8(18)10(2-5-17-6-3-10)9(14)13-4-1-7-19(12,15)16/h1-7H2,(H2,11,18)(H,13,14)(H2,12,15,16). The van der Waals surface area contributed by atoms with Crippen LogP contribution in [0, 0.1) is 5.41 Å². The van der Waals surface area contributed by atoms with Gasteiger partial charge in [0.2, 0.25) is 15.9 Å². The van der Waals surface area contributed by atoms with Crippen molar-refractivity contribution < 1.29 is 17.9 Å². The number of carbonyl (C=O) groups is 1. The number of rotatable bonds is 6. The Hall–Kier alpha value is -0.770. The van der Waals surface area contributed by atoms with Crippen molar-refractivity contribution in [2.24, 2.45) is 16.3 Å². The van der Waals surface area contributed by atoms with Gasteiger partial charge < -0.3 is 15.8 Å². The molecule has 0 aliphatic carbocycles. The Morgan fingerprint density at radius 2 is 1.95 bits per heavy atom. The second kappa shape index (κ2) is 6.60. The number of hydrogen-bond acceptors (Lipinski definition) is 5. The summed E-state index contributed by atoms with van der Waals surface area (Å²) in [5, 5.41) is 7.54. The fourth-order valence-electron chi connectivity index (χ4n) is 1.95. The van der Waals surface area contributed by atoms with Crippen molar-refractivity contribution in [3.8, 4) is 0 Å². The van der Waals surface area contributed by atoms with E-state index in [2.05, 4.69) is 5.32 Å². The monoisotopic (exact) mass is 309 g/mol. The van der Waals surface area contributed by atoms with E-state index in [0.29, 0.717) is 26.1 Å². The smallest absolute Gasteiger partial charge is 0.233 e. The zero-order valence-corrected chi connectivity index (χ0v) is 12.2. The van der Waals surface area contributed by atoms with Crippen molar-refractivity contribution in [1.29, 1.82) is 0 Å². The number of nitrogens with one attached hydrogen (secondary N) is 1. The van der Waals surface area contributed by atoms with E-state index in [4.69, 9.17) is 27.8 Å². The maximum Gasteiger partial charge on any atom is 0.233 e. The highest BCUT2D eigenvalue weighted by molar-refractivity contribution is 7.89. The van der Waals surface area contributed by atoms with Crippen molar-refractivity contribution in [2.75, 3.05) is 25.5 Å². The van der Waals surface area contributed by atoms with Crippen LogP contribution in [0.1, 0.15) is 19.3 Å². The average molecular weight is 309 g/mol. The van der Waals surface area contributed by atoms with Crippen LogP contribution in [-0.2, 0) is 19.6 Å². The van der Waals surface area contributed by atoms with Gasteiger partial charge in [-0.2, -0.15) is 0 Å². The zero-order valence-electron chi connectivity index (χ0n) is 10.6. The summed E-state index contributed by atoms with van der Waals surface area (Å²) in [5.74, 6) is -0.436. The molecule has 0 unspecified atom stereocenters. The number of amides is 1. The summed E-state index contributed by atoms with van der Waals surface area (Å²) in [5.41, 5.74) is 4.80. The molecule has 110 valence electrons. The summed E-state index contributed by atoms with van der Waals surface area (Å²) in [4.78, 5) is 12.3. The second-order valence-electron chi connectivity index (χ2n) is 4.54. The molecule has 0 spiro atoms. The first-order chi connectivity index (χ1) is 8.78. The van der Waals surface area contributed by atoms with Gasteiger partial charge in [-0.3, -0.25) is 4.79 Å². The van der Waals surface area contributed by atoms with E-state index >= 15 is 0 Å². The molecule has 1 aliphatic rings. The van der Waals surface area contributed by atoms with Gasteiger partial charge in [0.25, 0.3) is 0 Å². The zero-order chi connectivity index (χ0) is 14.5. The van der Waals surface area contributed by atoms with Crippen LogP contribution in [0.25, 0.3) is 0 Å². The van der Waals surface area contributed by atoms with Crippen LogP contribution >= 0.6 is 12.2 Å². The first-order valence-corrected chi connectivity index (χ1v) is 8.07. The fraction of sp³-hybridized carbons (Fsp3) is 0.800. The maximum atomic E-state index is 12.2. The SMILES string of the molecule is NC(=S)C1(C(=O)NCCCS(N)(=O)=O)CCOCC1. The summed E-state index contributed by atoms with van der Waals surface area (Å²) in [7, 11) is -3.50. The number of carbonyl (C=O) groups excluding carboxylic acids is 1. The number of ether oxygens (including phenoxy) is 1. The van der Waals surface area contributed by atoms with Crippen LogP contribution in [0.2, 0.25) is 0 Å². The van der Waals surface area contributed by atoms with Crippen LogP contribution in [0.15, 0.2) is 0 Å². The van der Waals surface area contributed by atoms with Crippen molar-refractivity contribution >= 4 is 33.1 Å². The lowest BCUT2D eigenvalue weighted by Gasteiger charge is -2.34. The molecule has 1 fully saturated rings. The van der Waals surface area contributed by atoms with E-state index in [9.17, 15) is 13.2 Å². The fourth-order valence-corrected chi connectivity index (χ4v) is 2.79. The third-order valence-electron chi connectivity index (χ3n) is 3.14. The van der Waals surface area contributed by atoms with Crippen molar-refractivity contribution in [2.45, 2.75) is 19.3 Å². The van der Waals surface area contributed by atoms with Gasteiger partial charge in [-0.15, -0.1) is 0 Å². The minimum Gasteiger partial charge on any atom is -0.392 e. The topological polar surface area (TPSA) is 125 Å². The molecule has 0 saturated carbocycles. The Balaban J connectivity index is 2.52. The average Bonchev–Trinajstić information content (AvgIpc) is 2.33. The lowest BCUT2D eigenvalue weighted by atomic mass is 9.79. The largest absolute Gasteiger partial charge is 0.392 e. The molecule has 5 N–H and O–H groups in total. The minimum absolute atomic E-state index is 0.153. The Kier molecular flexibility index (Phi) is 5.65. The molecule has 0 atom stereocenters. The third-order valence-corrected chi connectivity index (χ3v) is 4.39. The second-order valence-corrected chi connectivity index (χ2v) is 6.71. The van der Waals surface area contributed by atoms with E-state index < -0.39 is 15.4 Å². The summed E-state index contributed by atoms with van der Waals surface area (Å²) < 4.78 is 26.7. The molecular weight excluding hydrogens is 290 g/mol. The molecule has 0 aromatic rings. The van der Waals surface area contributed by atoms with Crippen molar-refractivity contribution in [3.63, 3.8) is 0 Å². The molecule has 1 aliphatic heterocycles. The summed E-state index contributed by atoms with van der Waals surface area (Å²) in [6.07, 6.45) is 1.15. The minimum atomic E-state index is -3.50. The van der Waals surface area contributed by atoms with Gasteiger partial charge in [0.05, 0.1) is 10.7 Å². The molecule has 0 aromatic carbocycles. The molecule has 0 radical (unpaired) electrons. The summed E-state index contributed by atoms with van der Waals surface area (Å²) in [6, 6.07) is 0. The first-order valence-electron chi connectivity index (χ1n) is 5.94. The third kappa shape index (κ3) is 4.68. The van der Waals surface area contributed by atoms with Crippen LogP contribution in [0.4, 0.5) is 0 Å². The summed E-state index contributed by atoms with van der Waals surface area (Å²) in [6.45, 7) is 1.09. The van der Waals surface area contributed by atoms with Gasteiger partial charge in [-0.1, -0.05) is 12.2 Å². The highest BCUT2D eigenvalue weighted by Crippen LogP contribution is 2.31. The number of nitrogens with two attached hydrogens (primary N) is 2. The molecule has 1 rings (SSSR count). The molecule has 1 saturated heterocycles. The van der Waals surface area contributed by atoms with Gasteiger partial charge in [-0.25, -0.2) is 13.6 Å². The highest BCUT2D eigenvalue weighted by Gasteiger charge is 2.42. The van der Waals surface area contributed by atoms with E-state index in [-0.39, 0.29) is 29.6 Å². The lowest BCUT2D eigenvalue weighted by Crippen LogP contribution is -2.52. The Morgan fingerprint density at radius 1 is 1.37 bits per heavy atom. The van der Waals surface area contributed by atoms with E-state index in [1.54, 1.807) is 0 Å². The van der Waals surface area contributed by atoms with Gasteiger partial charge in [0, 0.05) is 19.8 Å². The first kappa shape index (κ1) is 16.3. The van der Waals surface area contributed by atoms with Crippen LogP contribution in [0.3, 0.4) is 0 Å². The molecule has 1 heterocycles. The summed E-state index contributed by atoms with van der Waals surface area (Å²) >= 11 is 4.99. The quantitative estimate of drug-likeness (QED) is 0.421. The van der Waals surface area contributed by atoms with E-state index in [0.717, 1.165) is 0 Å². The van der Waals surface area contributed by atoms with Gasteiger partial charge in [0.15, 0.2) is 0 Å². The highest BCUT2D eigenvalue weighted by atomic mass is 32.2. The molecule has 19 heavy (non-hydrogen) atoms. The molecule has 1 amide bonds. The van der Waals surface area contributed by atoms with Gasteiger partial charge >= 0.3 is 0 Å². The van der Waals surface area contributed by atoms with E-state index in [1.807, 2.05) is 0 Å². The molecule has 0 bridgehead atoms. The Labute approximate surface area is 118 Å². The molecule has 0 aromatic heterocycles. The van der Waals surface area contributed by atoms with Crippen molar-refractivity contribution in [3.05, 3.63) is 0 Å². The molecule has 9 heteroatoms. The maximum absolute atomic E-state index is 12.2. The lowest BCUT2D eigenvalue weighted by molar-refractivity contribution is -0.131. The predicted molar refractivity (Wildman–Crippen MR) is 74.9 cm³/mol. The van der Waals surface area contributed by atoms with Crippen LogP contribution < -0.4 is 16.2 Å². The van der Waals surface area contributed by atoms with Crippen molar-refractivity contribution in [1.82, 2.24) is 5.32 Å². The molecular formula is C10H19N3O4S2. The predicted octanol–water partition coefficient (Wildman–Crippen LogP) is -1.14. The Bertz CT molecular complexity index is 444. The van der Waals surface area contributed by atoms with Crippen LogP contribution in [-0.4, -0.2) is 44.8 Å². The number of sulfonamides is 1. The van der Waals surface area contributed by atoms with Gasteiger partial charge in [0.1, 0.15) is 5.41 Å².